The lowest BCUT2D eigenvalue weighted by Crippen LogP contribution is -2.33. The van der Waals surface area contributed by atoms with Crippen molar-refractivity contribution < 1.29 is 18.3 Å². The van der Waals surface area contributed by atoms with Gasteiger partial charge in [-0.3, -0.25) is 4.79 Å². The fourth-order valence-corrected chi connectivity index (χ4v) is 2.87. The van der Waals surface area contributed by atoms with Gasteiger partial charge in [0, 0.05) is 0 Å². The SMILES string of the molecule is CC(C(=O)O)S(=O)(=O)CC1CCC1. The third kappa shape index (κ3) is 2.43. The molecule has 1 unspecified atom stereocenters. The Kier molecular flexibility index (Phi) is 2.95. The van der Waals surface area contributed by atoms with Crippen LogP contribution in [0.1, 0.15) is 26.2 Å². The first-order valence-electron chi connectivity index (χ1n) is 4.38. The van der Waals surface area contributed by atoms with Crippen LogP contribution in [0.3, 0.4) is 0 Å². The monoisotopic (exact) mass is 206 g/mol. The van der Waals surface area contributed by atoms with Gasteiger partial charge in [0.1, 0.15) is 0 Å². The molecule has 76 valence electrons. The Morgan fingerprint density at radius 2 is 2.08 bits per heavy atom. The first-order chi connectivity index (χ1) is 5.93. The molecular weight excluding hydrogens is 192 g/mol. The quantitative estimate of drug-likeness (QED) is 0.734. The number of carboxylic acid groups (broad SMARTS) is 1. The second kappa shape index (κ2) is 3.65. The Labute approximate surface area is 77.9 Å². The van der Waals surface area contributed by atoms with Crippen molar-refractivity contribution in [2.45, 2.75) is 31.4 Å². The first kappa shape index (κ1) is 10.5. The predicted octanol–water partition coefficient (Wildman–Crippen LogP) is 0.674. The van der Waals surface area contributed by atoms with Gasteiger partial charge in [0.25, 0.3) is 0 Å². The van der Waals surface area contributed by atoms with Gasteiger partial charge in [0.05, 0.1) is 5.75 Å². The molecule has 0 aliphatic heterocycles. The Balaban J connectivity index is 2.59. The van der Waals surface area contributed by atoms with Crippen molar-refractivity contribution in [3.8, 4) is 0 Å². The van der Waals surface area contributed by atoms with E-state index in [0.717, 1.165) is 19.3 Å². The van der Waals surface area contributed by atoms with Crippen molar-refractivity contribution in [3.05, 3.63) is 0 Å². The highest BCUT2D eigenvalue weighted by Crippen LogP contribution is 2.28. The largest absolute Gasteiger partial charge is 0.480 e. The van der Waals surface area contributed by atoms with Crippen LogP contribution in [-0.2, 0) is 14.6 Å². The fraction of sp³-hybridized carbons (Fsp3) is 0.875. The van der Waals surface area contributed by atoms with Crippen LogP contribution in [0.25, 0.3) is 0 Å². The zero-order valence-electron chi connectivity index (χ0n) is 7.56. The van der Waals surface area contributed by atoms with Crippen molar-refractivity contribution in [1.29, 1.82) is 0 Å². The summed E-state index contributed by atoms with van der Waals surface area (Å²) in [6, 6.07) is 0. The molecule has 4 nitrogen and oxygen atoms in total. The van der Waals surface area contributed by atoms with E-state index in [1.54, 1.807) is 0 Å². The van der Waals surface area contributed by atoms with E-state index in [1.165, 1.54) is 6.92 Å². The Morgan fingerprint density at radius 1 is 1.54 bits per heavy atom. The van der Waals surface area contributed by atoms with E-state index in [-0.39, 0.29) is 11.7 Å². The summed E-state index contributed by atoms with van der Waals surface area (Å²) in [7, 11) is -3.42. The molecule has 1 fully saturated rings. The third-order valence-corrected chi connectivity index (χ3v) is 4.79. The zero-order valence-corrected chi connectivity index (χ0v) is 8.38. The zero-order chi connectivity index (χ0) is 10.1. The molecule has 0 aromatic carbocycles. The maximum atomic E-state index is 11.4. The van der Waals surface area contributed by atoms with E-state index in [2.05, 4.69) is 0 Å². The lowest BCUT2D eigenvalue weighted by Gasteiger charge is -2.25. The molecule has 0 aromatic heterocycles. The van der Waals surface area contributed by atoms with Crippen LogP contribution in [0.2, 0.25) is 0 Å². The maximum absolute atomic E-state index is 11.4. The van der Waals surface area contributed by atoms with Crippen molar-refractivity contribution in [2.24, 2.45) is 5.92 Å². The Morgan fingerprint density at radius 3 is 2.38 bits per heavy atom. The summed E-state index contributed by atoms with van der Waals surface area (Å²) in [5.41, 5.74) is 0. The average Bonchev–Trinajstić information content (AvgIpc) is 1.95. The Bertz CT molecular complexity index is 289. The van der Waals surface area contributed by atoms with Gasteiger partial charge in [0.2, 0.25) is 0 Å². The molecule has 1 N–H and O–H groups in total. The predicted molar refractivity (Wildman–Crippen MR) is 48.2 cm³/mol. The summed E-state index contributed by atoms with van der Waals surface area (Å²) in [5, 5.41) is 7.29. The number of hydrogen-bond donors (Lipinski definition) is 1. The lowest BCUT2D eigenvalue weighted by atomic mass is 9.87. The van der Waals surface area contributed by atoms with Gasteiger partial charge < -0.3 is 5.11 Å². The average molecular weight is 206 g/mol. The molecule has 5 heteroatoms. The van der Waals surface area contributed by atoms with Crippen LogP contribution >= 0.6 is 0 Å². The number of carbonyl (C=O) groups is 1. The van der Waals surface area contributed by atoms with Gasteiger partial charge >= 0.3 is 5.97 Å². The van der Waals surface area contributed by atoms with Crippen LogP contribution in [-0.4, -0.2) is 30.5 Å². The van der Waals surface area contributed by atoms with Crippen LogP contribution in [0.15, 0.2) is 0 Å². The molecule has 1 atom stereocenters. The highest BCUT2D eigenvalue weighted by molar-refractivity contribution is 7.92. The summed E-state index contributed by atoms with van der Waals surface area (Å²) >= 11 is 0. The molecule has 13 heavy (non-hydrogen) atoms. The summed E-state index contributed by atoms with van der Waals surface area (Å²) in [5.74, 6) is -1.01. The number of sulfone groups is 1. The van der Waals surface area contributed by atoms with Gasteiger partial charge in [-0.25, -0.2) is 8.42 Å². The lowest BCUT2D eigenvalue weighted by molar-refractivity contribution is -0.136. The summed E-state index contributed by atoms with van der Waals surface area (Å²) in [4.78, 5) is 10.5. The van der Waals surface area contributed by atoms with E-state index in [4.69, 9.17) is 5.11 Å². The molecule has 0 heterocycles. The van der Waals surface area contributed by atoms with Gasteiger partial charge in [-0.05, 0) is 25.7 Å². The number of rotatable bonds is 4. The molecule has 1 aliphatic carbocycles. The molecule has 1 rings (SSSR count). The van der Waals surface area contributed by atoms with E-state index in [1.807, 2.05) is 0 Å². The van der Waals surface area contributed by atoms with E-state index >= 15 is 0 Å². The van der Waals surface area contributed by atoms with Gasteiger partial charge in [0.15, 0.2) is 15.1 Å². The first-order valence-corrected chi connectivity index (χ1v) is 6.09. The summed E-state index contributed by atoms with van der Waals surface area (Å²) in [6.45, 7) is 1.23. The van der Waals surface area contributed by atoms with E-state index < -0.39 is 21.1 Å². The number of hydrogen-bond acceptors (Lipinski definition) is 3. The second-order valence-corrected chi connectivity index (χ2v) is 5.97. The molecule has 0 amide bonds. The molecular formula is C8H14O4S. The highest BCUT2D eigenvalue weighted by Gasteiger charge is 2.32. The molecule has 0 aromatic rings. The minimum atomic E-state index is -3.42. The van der Waals surface area contributed by atoms with Crippen molar-refractivity contribution >= 4 is 15.8 Å². The second-order valence-electron chi connectivity index (χ2n) is 3.61. The van der Waals surface area contributed by atoms with Crippen LogP contribution in [0.4, 0.5) is 0 Å². The molecule has 0 saturated heterocycles. The van der Waals surface area contributed by atoms with Crippen molar-refractivity contribution in [1.82, 2.24) is 0 Å². The number of carboxylic acids is 1. The fourth-order valence-electron chi connectivity index (χ4n) is 1.29. The normalized spacial score (nSPS) is 20.7. The standard InChI is InChI=1S/C8H14O4S/c1-6(8(9)10)13(11,12)5-7-3-2-4-7/h6-7H,2-5H2,1H3,(H,9,10). The van der Waals surface area contributed by atoms with E-state index in [9.17, 15) is 13.2 Å². The summed E-state index contributed by atoms with van der Waals surface area (Å²) in [6.07, 6.45) is 2.92. The molecule has 1 saturated carbocycles. The number of aliphatic carboxylic acids is 1. The van der Waals surface area contributed by atoms with Gasteiger partial charge in [-0.15, -0.1) is 0 Å². The highest BCUT2D eigenvalue weighted by atomic mass is 32.2. The van der Waals surface area contributed by atoms with E-state index in [0.29, 0.717) is 0 Å². The Hall–Kier alpha value is -0.580. The minimum absolute atomic E-state index is 0.0421. The summed E-state index contributed by atoms with van der Waals surface area (Å²) < 4.78 is 22.8. The molecule has 0 spiro atoms. The topological polar surface area (TPSA) is 71.4 Å². The molecule has 0 bridgehead atoms. The van der Waals surface area contributed by atoms with Gasteiger partial charge in [-0.1, -0.05) is 6.42 Å². The van der Waals surface area contributed by atoms with Crippen LogP contribution in [0, 0.1) is 5.92 Å². The minimum Gasteiger partial charge on any atom is -0.480 e. The van der Waals surface area contributed by atoms with Crippen LogP contribution < -0.4 is 0 Å². The maximum Gasteiger partial charge on any atom is 0.321 e. The molecule has 0 radical (unpaired) electrons. The van der Waals surface area contributed by atoms with Crippen molar-refractivity contribution in [3.63, 3.8) is 0 Å². The van der Waals surface area contributed by atoms with Crippen LogP contribution in [0.5, 0.6) is 0 Å². The smallest absolute Gasteiger partial charge is 0.321 e. The van der Waals surface area contributed by atoms with Gasteiger partial charge in [-0.2, -0.15) is 0 Å². The third-order valence-electron chi connectivity index (χ3n) is 2.58. The molecule has 1 aliphatic rings. The van der Waals surface area contributed by atoms with Crippen molar-refractivity contribution in [2.75, 3.05) is 5.75 Å².